The van der Waals surface area contributed by atoms with E-state index in [9.17, 15) is 19.4 Å². The molecular weight excluding hydrogens is 912 g/mol. The third-order valence-corrected chi connectivity index (χ3v) is 13.1. The maximum atomic E-state index is 12.9. The Kier molecular flexibility index (Phi) is 50.5. The van der Waals surface area contributed by atoms with Gasteiger partial charge in [-0.15, -0.1) is 0 Å². The van der Waals surface area contributed by atoms with Crippen LogP contribution in [0.5, 0.6) is 0 Å². The number of nitrogens with zero attached hydrogens (tertiary/aromatic N) is 1. The highest BCUT2D eigenvalue weighted by atomic mass is 31.2. The number of amides is 1. The van der Waals surface area contributed by atoms with Crippen molar-refractivity contribution < 1.29 is 32.9 Å². The topological polar surface area (TPSA) is 108 Å². The summed E-state index contributed by atoms with van der Waals surface area (Å²) >= 11 is 0. The molecule has 0 bridgehead atoms. The summed E-state index contributed by atoms with van der Waals surface area (Å²) in [6.45, 7) is 4.47. The number of aliphatic hydroxyl groups excluding tert-OH is 1. The smallest absolute Gasteiger partial charge is 0.268 e. The lowest BCUT2D eigenvalue weighted by molar-refractivity contribution is -0.870. The zero-order valence-corrected chi connectivity index (χ0v) is 47.7. The van der Waals surface area contributed by atoms with Gasteiger partial charge in [0.05, 0.1) is 39.9 Å². The van der Waals surface area contributed by atoms with E-state index in [2.05, 4.69) is 129 Å². The molecule has 9 heteroatoms. The van der Waals surface area contributed by atoms with Gasteiger partial charge in [-0.1, -0.05) is 238 Å². The number of unbranched alkanes of at least 4 members (excludes halogenated alkanes) is 20. The molecule has 412 valence electrons. The molecular formula is C63H109N2O6P. The number of rotatable bonds is 51. The Morgan fingerprint density at radius 1 is 0.500 bits per heavy atom. The lowest BCUT2D eigenvalue weighted by Gasteiger charge is -2.29. The summed E-state index contributed by atoms with van der Waals surface area (Å²) in [5.41, 5.74) is 0. The molecule has 0 heterocycles. The molecule has 3 unspecified atom stereocenters. The highest BCUT2D eigenvalue weighted by Gasteiger charge is 2.23. The SMILES string of the molecule is CC/C=C\C/C=C\C/C=C\C/C=C\C/C=C\C/C=C\C/C=C\C/C=C\CCCCCCCCCCCCCCCCC(=O)NC(COP(=O)([O-])OCC[N+](C)(C)C)C(O)/C=C/CC/C=C/CCCCCCC. The van der Waals surface area contributed by atoms with E-state index in [1.54, 1.807) is 6.08 Å². The summed E-state index contributed by atoms with van der Waals surface area (Å²) in [6, 6.07) is -0.909. The zero-order chi connectivity index (χ0) is 52.7. The van der Waals surface area contributed by atoms with E-state index in [1.165, 1.54) is 109 Å². The molecule has 2 N–H and O–H groups in total. The number of quaternary nitrogens is 1. The molecule has 1 amide bonds. The first-order valence-corrected chi connectivity index (χ1v) is 30.4. The van der Waals surface area contributed by atoms with E-state index < -0.39 is 26.6 Å². The van der Waals surface area contributed by atoms with Crippen LogP contribution in [0.3, 0.4) is 0 Å². The monoisotopic (exact) mass is 1020 g/mol. The number of aliphatic hydroxyl groups is 1. The van der Waals surface area contributed by atoms with E-state index in [1.807, 2.05) is 27.2 Å². The summed E-state index contributed by atoms with van der Waals surface area (Å²) in [5, 5.41) is 13.8. The van der Waals surface area contributed by atoms with E-state index in [0.29, 0.717) is 17.4 Å². The number of carbonyl (C=O) groups is 1. The Morgan fingerprint density at radius 2 is 0.861 bits per heavy atom. The van der Waals surface area contributed by atoms with Gasteiger partial charge in [0.15, 0.2) is 0 Å². The molecule has 0 aromatic heterocycles. The van der Waals surface area contributed by atoms with Gasteiger partial charge < -0.3 is 28.8 Å². The number of likely N-dealkylation sites (N-methyl/N-ethyl adjacent to an activating group) is 1. The van der Waals surface area contributed by atoms with E-state index in [4.69, 9.17) is 9.05 Å². The largest absolute Gasteiger partial charge is 0.756 e. The van der Waals surface area contributed by atoms with Crippen LogP contribution in [0.15, 0.2) is 122 Å². The third kappa shape index (κ3) is 54.7. The molecule has 0 spiro atoms. The van der Waals surface area contributed by atoms with Crippen molar-refractivity contribution in [2.45, 2.75) is 231 Å². The average molecular weight is 1020 g/mol. The normalized spacial score (nSPS) is 14.8. The number of nitrogens with one attached hydrogen (secondary N) is 1. The van der Waals surface area contributed by atoms with Gasteiger partial charge in [-0.2, -0.15) is 0 Å². The summed E-state index contributed by atoms with van der Waals surface area (Å²) in [7, 11) is 1.23. The highest BCUT2D eigenvalue weighted by Crippen LogP contribution is 2.38. The Labute approximate surface area is 444 Å². The van der Waals surface area contributed by atoms with Gasteiger partial charge in [0.2, 0.25) is 5.91 Å². The molecule has 3 atom stereocenters. The summed E-state index contributed by atoms with van der Waals surface area (Å²) < 4.78 is 23.2. The van der Waals surface area contributed by atoms with Gasteiger partial charge >= 0.3 is 0 Å². The Hall–Kier alpha value is -3.10. The lowest BCUT2D eigenvalue weighted by atomic mass is 10.0. The van der Waals surface area contributed by atoms with Gasteiger partial charge in [0.1, 0.15) is 13.2 Å². The van der Waals surface area contributed by atoms with Crippen molar-refractivity contribution in [3.8, 4) is 0 Å². The lowest BCUT2D eigenvalue weighted by Crippen LogP contribution is -2.45. The fourth-order valence-electron chi connectivity index (χ4n) is 7.65. The van der Waals surface area contributed by atoms with Crippen molar-refractivity contribution >= 4 is 13.7 Å². The summed E-state index contributed by atoms with van der Waals surface area (Å²) in [6.07, 6.45) is 78.7. The first-order valence-electron chi connectivity index (χ1n) is 28.9. The molecule has 0 aromatic rings. The zero-order valence-electron chi connectivity index (χ0n) is 46.8. The van der Waals surface area contributed by atoms with Crippen molar-refractivity contribution in [3.05, 3.63) is 122 Å². The quantitative estimate of drug-likeness (QED) is 0.0272. The fraction of sp³-hybridized carbons (Fsp3) is 0.667. The van der Waals surface area contributed by atoms with Crippen molar-refractivity contribution in [3.63, 3.8) is 0 Å². The molecule has 0 fully saturated rings. The maximum absolute atomic E-state index is 12.9. The van der Waals surface area contributed by atoms with Crippen LogP contribution < -0.4 is 10.2 Å². The van der Waals surface area contributed by atoms with Crippen LogP contribution in [0.1, 0.15) is 219 Å². The van der Waals surface area contributed by atoms with Crippen LogP contribution in [-0.2, 0) is 18.4 Å². The van der Waals surface area contributed by atoms with Crippen molar-refractivity contribution in [1.29, 1.82) is 0 Å². The predicted octanol–water partition coefficient (Wildman–Crippen LogP) is 17.1. The number of phosphoric acid groups is 1. The second-order valence-electron chi connectivity index (χ2n) is 20.3. The van der Waals surface area contributed by atoms with Crippen LogP contribution in [0.2, 0.25) is 0 Å². The number of hydrogen-bond donors (Lipinski definition) is 2. The van der Waals surface area contributed by atoms with Gasteiger partial charge in [-0.3, -0.25) is 9.36 Å². The second-order valence-corrected chi connectivity index (χ2v) is 21.7. The Balaban J connectivity index is 4.02. The van der Waals surface area contributed by atoms with E-state index in [0.717, 1.165) is 89.9 Å². The molecule has 0 aliphatic carbocycles. The molecule has 8 nitrogen and oxygen atoms in total. The maximum Gasteiger partial charge on any atom is 0.268 e. The minimum absolute atomic E-state index is 0.0111. The number of phosphoric ester groups is 1. The van der Waals surface area contributed by atoms with Crippen molar-refractivity contribution in [1.82, 2.24) is 5.32 Å². The van der Waals surface area contributed by atoms with Crippen molar-refractivity contribution in [2.75, 3.05) is 40.9 Å². The van der Waals surface area contributed by atoms with Gasteiger partial charge in [0, 0.05) is 6.42 Å². The van der Waals surface area contributed by atoms with E-state index in [-0.39, 0.29) is 12.5 Å². The number of carbonyl (C=O) groups excluding carboxylic acids is 1. The molecule has 0 radical (unpaired) electrons. The van der Waals surface area contributed by atoms with E-state index >= 15 is 0 Å². The Morgan fingerprint density at radius 3 is 1.29 bits per heavy atom. The highest BCUT2D eigenvalue weighted by molar-refractivity contribution is 7.45. The molecule has 72 heavy (non-hydrogen) atoms. The minimum Gasteiger partial charge on any atom is -0.756 e. The standard InChI is InChI=1S/C63H109N2O6P/c1-6-8-10-12-14-16-18-19-20-21-22-23-24-25-26-27-28-29-30-31-32-33-34-35-36-37-38-39-40-41-42-43-44-45-47-49-51-53-55-57-63(67)64-61(60-71-72(68,69)70-59-58-65(3,4)5)62(66)56-54-52-50-48-46-17-15-13-11-9-7-2/h8,10,14,16,19-20,22-23,25-26,28-29,31-32,34-35,46,48,54,56,61-62,66H,6-7,9,11-13,15,17-18,21,24,27,30,33,36-45,47,49-53,55,57-60H2,1-5H3,(H-,64,67,68,69)/b10-8-,16-14-,20-19-,23-22-,26-25-,29-28-,32-31-,35-34-,48-46+,56-54+. The second kappa shape index (κ2) is 52.8. The number of allylic oxidation sites excluding steroid dienone is 19. The van der Waals surface area contributed by atoms with Crippen molar-refractivity contribution in [2.24, 2.45) is 0 Å². The average Bonchev–Trinajstić information content (AvgIpc) is 3.34. The predicted molar refractivity (Wildman–Crippen MR) is 311 cm³/mol. The van der Waals surface area contributed by atoms with Crippen LogP contribution in [-0.4, -0.2) is 68.5 Å². The fourth-order valence-corrected chi connectivity index (χ4v) is 8.38. The minimum atomic E-state index is -4.60. The van der Waals surface area contributed by atoms with Crippen LogP contribution in [0.4, 0.5) is 0 Å². The van der Waals surface area contributed by atoms with Gasteiger partial charge in [-0.25, -0.2) is 0 Å². The molecule has 0 saturated carbocycles. The first kappa shape index (κ1) is 68.9. The van der Waals surface area contributed by atoms with Crippen LogP contribution >= 0.6 is 7.82 Å². The molecule has 0 saturated heterocycles. The summed E-state index contributed by atoms with van der Waals surface area (Å²) in [4.78, 5) is 25.4. The third-order valence-electron chi connectivity index (χ3n) is 12.2. The summed E-state index contributed by atoms with van der Waals surface area (Å²) in [5.74, 6) is -0.214. The molecule has 0 aliphatic rings. The first-order chi connectivity index (χ1) is 35.0. The molecule has 0 aromatic carbocycles. The molecule has 0 aliphatic heterocycles. The molecule has 0 rings (SSSR count). The van der Waals surface area contributed by atoms with Gasteiger partial charge in [-0.05, 0) is 96.3 Å². The van der Waals surface area contributed by atoms with Crippen LogP contribution in [0, 0.1) is 0 Å². The van der Waals surface area contributed by atoms with Crippen LogP contribution in [0.25, 0.3) is 0 Å². The Bertz CT molecular complexity index is 1580. The number of hydrogen-bond acceptors (Lipinski definition) is 6. The van der Waals surface area contributed by atoms with Gasteiger partial charge in [0.25, 0.3) is 7.82 Å².